The van der Waals surface area contributed by atoms with Gasteiger partial charge in [-0.3, -0.25) is 4.21 Å². The number of ether oxygens (including phenoxy) is 1. The number of alkyl halides is 1. The van der Waals surface area contributed by atoms with Gasteiger partial charge >= 0.3 is 0 Å². The summed E-state index contributed by atoms with van der Waals surface area (Å²) in [6, 6.07) is 6.81. The molecule has 0 saturated heterocycles. The average molecular weight is 351 g/mol. The van der Waals surface area contributed by atoms with Crippen molar-refractivity contribution in [2.75, 3.05) is 4.61 Å². The molecule has 1 atom stereocenters. The summed E-state index contributed by atoms with van der Waals surface area (Å²) < 4.78 is 27.1. The second kappa shape index (κ2) is 7.03. The summed E-state index contributed by atoms with van der Waals surface area (Å²) in [6.07, 6.45) is 1.56. The van der Waals surface area contributed by atoms with Crippen molar-refractivity contribution in [2.24, 2.45) is 0 Å². The molecule has 5 heteroatoms. The van der Waals surface area contributed by atoms with Crippen LogP contribution in [0, 0.1) is 0 Å². The minimum absolute atomic E-state index is 0.311. The zero-order valence-corrected chi connectivity index (χ0v) is 11.6. The number of benzene rings is 1. The summed E-state index contributed by atoms with van der Waals surface area (Å²) >= 11 is -0.0293. The van der Waals surface area contributed by atoms with Gasteiger partial charge in [-0.05, 0) is 57.8 Å². The van der Waals surface area contributed by atoms with Gasteiger partial charge in [0.1, 0.15) is 4.61 Å². The molecule has 3 nitrogen and oxygen atoms in total. The molecule has 0 fully saturated rings. The van der Waals surface area contributed by atoms with Gasteiger partial charge in [0.2, 0.25) is 0 Å². The molecule has 0 saturated carbocycles. The number of halogens is 1. The van der Waals surface area contributed by atoms with E-state index in [9.17, 15) is 8.76 Å². The lowest BCUT2D eigenvalue weighted by Crippen LogP contribution is -1.93. The Labute approximate surface area is 111 Å². The van der Waals surface area contributed by atoms with Crippen LogP contribution in [0.25, 0.3) is 0 Å². The van der Waals surface area contributed by atoms with E-state index in [-0.39, 0.29) is 0 Å². The van der Waals surface area contributed by atoms with Crippen LogP contribution in [0.4, 0.5) is 0 Å². The lowest BCUT2D eigenvalue weighted by molar-refractivity contribution is 0.270. The van der Waals surface area contributed by atoms with Gasteiger partial charge < -0.3 is 9.29 Å². The molecule has 1 aromatic carbocycles. The fraction of sp³-hybridized carbons (Fsp3) is 0.273. The molecule has 0 bridgehead atoms. The molecular weight excluding hydrogens is 339 g/mol. The summed E-state index contributed by atoms with van der Waals surface area (Å²) in [7, 11) is 0. The van der Waals surface area contributed by atoms with Crippen molar-refractivity contribution in [2.45, 2.75) is 17.7 Å². The van der Waals surface area contributed by atoms with Gasteiger partial charge in [-0.15, -0.1) is 0 Å². The van der Waals surface area contributed by atoms with Crippen LogP contribution in [-0.4, -0.2) is 13.4 Å². The smallest absolute Gasteiger partial charge is 0.138 e. The summed E-state index contributed by atoms with van der Waals surface area (Å²) in [5.74, 6) is 0.755. The van der Waals surface area contributed by atoms with Crippen molar-refractivity contribution in [3.05, 3.63) is 42.2 Å². The first kappa shape index (κ1) is 13.7. The van der Waals surface area contributed by atoms with Crippen molar-refractivity contribution in [3.8, 4) is 0 Å². The molecule has 16 heavy (non-hydrogen) atoms. The van der Waals surface area contributed by atoms with Crippen molar-refractivity contribution in [1.82, 2.24) is 0 Å². The second-order valence-electron chi connectivity index (χ2n) is 3.17. The molecule has 0 spiro atoms. The summed E-state index contributed by atoms with van der Waals surface area (Å²) in [5, 5.41) is 0. The quantitative estimate of drug-likeness (QED) is 0.343. The van der Waals surface area contributed by atoms with E-state index in [4.69, 9.17) is 4.74 Å². The van der Waals surface area contributed by atoms with Crippen LogP contribution < -0.4 is 0 Å². The third kappa shape index (κ3) is 4.63. The van der Waals surface area contributed by atoms with Gasteiger partial charge in [0.15, 0.2) is 0 Å². The number of aryl methyl sites for hydroxylation is 1. The zero-order valence-electron chi connectivity index (χ0n) is 8.65. The predicted molar refractivity (Wildman–Crippen MR) is 71.1 cm³/mol. The molecule has 0 radical (unpaired) electrons. The van der Waals surface area contributed by atoms with Crippen LogP contribution in [0.15, 0.2) is 41.5 Å². The maximum atomic E-state index is 10.6. The molecular formula is C11H12IO3S-. The average Bonchev–Trinajstić information content (AvgIpc) is 2.27. The minimum Gasteiger partial charge on any atom is -0.768 e. The molecule has 1 aromatic rings. The Kier molecular flexibility index (Phi) is 6.00. The number of hydrogen-bond donors (Lipinski definition) is 0. The highest BCUT2D eigenvalue weighted by molar-refractivity contribution is 14.1. The third-order valence-corrected chi connectivity index (χ3v) is 3.04. The molecule has 0 aliphatic rings. The largest absolute Gasteiger partial charge is 0.768 e. The van der Waals surface area contributed by atoms with Crippen LogP contribution in [0.2, 0.25) is 0 Å². The van der Waals surface area contributed by atoms with Gasteiger partial charge in [0.05, 0.1) is 5.76 Å². The van der Waals surface area contributed by atoms with E-state index in [0.717, 1.165) is 24.2 Å². The SMILES string of the molecule is C=C(CCc1ccc(S(=O)[O-])cc1)OCI. The first-order valence-corrected chi connectivity index (χ1v) is 7.28. The Morgan fingerprint density at radius 2 is 2.06 bits per heavy atom. The molecule has 0 N–H and O–H groups in total. The Bertz CT molecular complexity index is 375. The maximum absolute atomic E-state index is 10.6. The number of hydrogen-bond acceptors (Lipinski definition) is 3. The van der Waals surface area contributed by atoms with E-state index in [2.05, 4.69) is 29.2 Å². The van der Waals surface area contributed by atoms with E-state index in [1.165, 1.54) is 0 Å². The van der Waals surface area contributed by atoms with Crippen LogP contribution in [0.5, 0.6) is 0 Å². The lowest BCUT2D eigenvalue weighted by Gasteiger charge is -2.08. The van der Waals surface area contributed by atoms with E-state index < -0.39 is 11.1 Å². The predicted octanol–water partition coefficient (Wildman–Crippen LogP) is 2.78. The molecule has 0 heterocycles. The maximum Gasteiger partial charge on any atom is 0.138 e. The summed E-state index contributed by atoms with van der Waals surface area (Å²) in [4.78, 5) is 0.311. The van der Waals surface area contributed by atoms with Crippen LogP contribution >= 0.6 is 22.6 Å². The highest BCUT2D eigenvalue weighted by Gasteiger charge is 1.98. The molecule has 0 aliphatic heterocycles. The van der Waals surface area contributed by atoms with Crippen molar-refractivity contribution >= 4 is 33.7 Å². The van der Waals surface area contributed by atoms with Crippen LogP contribution in [0.1, 0.15) is 12.0 Å². The second-order valence-corrected chi connectivity index (χ2v) is 4.73. The fourth-order valence-corrected chi connectivity index (χ4v) is 2.00. The van der Waals surface area contributed by atoms with E-state index >= 15 is 0 Å². The highest BCUT2D eigenvalue weighted by Crippen LogP contribution is 2.12. The van der Waals surface area contributed by atoms with E-state index in [1.807, 2.05) is 12.1 Å². The van der Waals surface area contributed by atoms with Gasteiger partial charge in [0, 0.05) is 11.3 Å². The summed E-state index contributed by atoms with van der Waals surface area (Å²) in [6.45, 7) is 3.78. The van der Waals surface area contributed by atoms with Gasteiger partial charge in [-0.2, -0.15) is 0 Å². The first-order chi connectivity index (χ1) is 7.63. The Morgan fingerprint density at radius 3 is 2.56 bits per heavy atom. The zero-order chi connectivity index (χ0) is 12.0. The number of rotatable bonds is 6. The normalized spacial score (nSPS) is 12.1. The van der Waals surface area contributed by atoms with Gasteiger partial charge in [-0.25, -0.2) is 0 Å². The van der Waals surface area contributed by atoms with Gasteiger partial charge in [-0.1, -0.05) is 18.7 Å². The summed E-state index contributed by atoms with van der Waals surface area (Å²) in [5.41, 5.74) is 1.08. The van der Waals surface area contributed by atoms with Crippen LogP contribution in [0.3, 0.4) is 0 Å². The number of allylic oxidation sites excluding steroid dienone is 1. The lowest BCUT2D eigenvalue weighted by atomic mass is 10.1. The standard InChI is InChI=1S/C11H13IO3S/c1-9(15-8-12)2-3-10-4-6-11(7-5-10)16(13)14/h4-7H,1-3,8H2,(H,13,14)/p-1. The third-order valence-electron chi connectivity index (χ3n) is 2.07. The van der Waals surface area contributed by atoms with Crippen LogP contribution in [-0.2, 0) is 22.2 Å². The van der Waals surface area contributed by atoms with Gasteiger partial charge in [0.25, 0.3) is 0 Å². The Hall–Kier alpha value is -0.400. The Morgan fingerprint density at radius 1 is 1.44 bits per heavy atom. The topological polar surface area (TPSA) is 49.4 Å². The molecule has 0 aromatic heterocycles. The van der Waals surface area contributed by atoms with E-state index in [1.54, 1.807) is 12.1 Å². The highest BCUT2D eigenvalue weighted by atomic mass is 127. The molecule has 88 valence electrons. The molecule has 1 unspecified atom stereocenters. The van der Waals surface area contributed by atoms with Crippen molar-refractivity contribution < 1.29 is 13.5 Å². The first-order valence-electron chi connectivity index (χ1n) is 4.68. The molecule has 1 rings (SSSR count). The Balaban J connectivity index is 2.49. The van der Waals surface area contributed by atoms with Crippen molar-refractivity contribution in [1.29, 1.82) is 0 Å². The fourth-order valence-electron chi connectivity index (χ4n) is 1.20. The minimum atomic E-state index is -2.15. The molecule has 0 aliphatic carbocycles. The van der Waals surface area contributed by atoms with E-state index in [0.29, 0.717) is 9.51 Å². The van der Waals surface area contributed by atoms with Crippen molar-refractivity contribution in [3.63, 3.8) is 0 Å². The monoisotopic (exact) mass is 351 g/mol. The molecule has 0 amide bonds.